The van der Waals surface area contributed by atoms with Gasteiger partial charge in [-0.3, -0.25) is 4.79 Å². The Hall–Kier alpha value is -1.62. The van der Waals surface area contributed by atoms with E-state index in [0.29, 0.717) is 25.2 Å². The van der Waals surface area contributed by atoms with Crippen LogP contribution >= 0.6 is 0 Å². The molecule has 0 aliphatic carbocycles. The molecule has 0 unspecified atom stereocenters. The monoisotopic (exact) mass is 295 g/mol. The third-order valence-corrected chi connectivity index (χ3v) is 3.20. The predicted octanol–water partition coefficient (Wildman–Crippen LogP) is 2.29. The maximum atomic E-state index is 14.2. The van der Waals surface area contributed by atoms with Gasteiger partial charge in [0.2, 0.25) is 5.91 Å². The zero-order chi connectivity index (χ0) is 16.0. The minimum absolute atomic E-state index is 0.000542. The molecule has 0 aliphatic rings. The van der Waals surface area contributed by atoms with E-state index >= 15 is 0 Å². The lowest BCUT2D eigenvalue weighted by atomic mass is 10.1. The van der Waals surface area contributed by atoms with E-state index in [2.05, 4.69) is 31.4 Å². The number of anilines is 1. The molecule has 0 saturated heterocycles. The molecule has 0 heterocycles. The normalized spacial score (nSPS) is 11.3. The van der Waals surface area contributed by atoms with E-state index in [1.807, 2.05) is 6.07 Å². The highest BCUT2D eigenvalue weighted by Crippen LogP contribution is 2.20. The van der Waals surface area contributed by atoms with E-state index in [0.717, 1.165) is 5.56 Å². The average molecular weight is 295 g/mol. The van der Waals surface area contributed by atoms with Crippen LogP contribution in [0, 0.1) is 5.82 Å². The third-order valence-electron chi connectivity index (χ3n) is 3.20. The van der Waals surface area contributed by atoms with E-state index in [-0.39, 0.29) is 17.3 Å². The third kappa shape index (κ3) is 6.12. The van der Waals surface area contributed by atoms with E-state index in [4.69, 9.17) is 0 Å². The molecule has 4 nitrogen and oxygen atoms in total. The van der Waals surface area contributed by atoms with E-state index in [1.165, 1.54) is 0 Å². The molecular formula is C16H26FN3O. The molecule has 2 N–H and O–H groups in total. The Labute approximate surface area is 126 Å². The van der Waals surface area contributed by atoms with Gasteiger partial charge in [0.05, 0.1) is 5.69 Å². The predicted molar refractivity (Wildman–Crippen MR) is 84.9 cm³/mol. The summed E-state index contributed by atoms with van der Waals surface area (Å²) in [5.74, 6) is -0.309. The topological polar surface area (TPSA) is 44.4 Å². The maximum Gasteiger partial charge on any atom is 0.221 e. The zero-order valence-electron chi connectivity index (χ0n) is 13.6. The molecule has 5 heteroatoms. The number of nitrogens with one attached hydrogen (secondary N) is 2. The van der Waals surface area contributed by atoms with Crippen molar-refractivity contribution in [2.45, 2.75) is 39.3 Å². The van der Waals surface area contributed by atoms with Gasteiger partial charge in [-0.05, 0) is 38.5 Å². The fourth-order valence-corrected chi connectivity index (χ4v) is 1.85. The van der Waals surface area contributed by atoms with Crippen LogP contribution in [-0.2, 0) is 11.3 Å². The molecule has 0 bridgehead atoms. The summed E-state index contributed by atoms with van der Waals surface area (Å²) in [6, 6.07) is 5.22. The zero-order valence-corrected chi connectivity index (χ0v) is 13.6. The van der Waals surface area contributed by atoms with Crippen molar-refractivity contribution in [2.24, 2.45) is 0 Å². The highest BCUT2D eigenvalue weighted by Gasteiger charge is 2.12. The van der Waals surface area contributed by atoms with E-state index < -0.39 is 0 Å². The second-order valence-corrected chi connectivity index (χ2v) is 6.23. The fraction of sp³-hybridized carbons (Fsp3) is 0.562. The molecule has 0 fully saturated rings. The molecular weight excluding hydrogens is 269 g/mol. The van der Waals surface area contributed by atoms with Gasteiger partial charge in [-0.2, -0.15) is 0 Å². The molecule has 0 saturated carbocycles. The van der Waals surface area contributed by atoms with Gasteiger partial charge in [-0.25, -0.2) is 4.39 Å². The first kappa shape index (κ1) is 17.4. The molecule has 0 aliphatic heterocycles. The van der Waals surface area contributed by atoms with Crippen molar-refractivity contribution < 1.29 is 9.18 Å². The number of carbonyl (C=O) groups is 1. The van der Waals surface area contributed by atoms with E-state index in [1.54, 1.807) is 31.1 Å². The lowest BCUT2D eigenvalue weighted by Crippen LogP contribution is -2.35. The lowest BCUT2D eigenvalue weighted by Gasteiger charge is -2.22. The standard InChI is InChI=1S/C16H26FN3O/c1-16(2,3)19-11-12-6-7-14(13(17)10-12)20(5)9-8-15(21)18-4/h6-7,10,19H,8-9,11H2,1-5H3,(H,18,21). The van der Waals surface area contributed by atoms with Gasteiger partial charge in [-0.1, -0.05) is 6.07 Å². The van der Waals surface area contributed by atoms with Crippen LogP contribution in [0.15, 0.2) is 18.2 Å². The number of hydrogen-bond acceptors (Lipinski definition) is 3. The fourth-order valence-electron chi connectivity index (χ4n) is 1.85. The second-order valence-electron chi connectivity index (χ2n) is 6.23. The van der Waals surface area contributed by atoms with Gasteiger partial charge >= 0.3 is 0 Å². The van der Waals surface area contributed by atoms with Crippen LogP contribution in [0.5, 0.6) is 0 Å². The van der Waals surface area contributed by atoms with Crippen LogP contribution in [0.3, 0.4) is 0 Å². The quantitative estimate of drug-likeness (QED) is 0.846. The minimum atomic E-state index is -0.261. The number of halogens is 1. The summed E-state index contributed by atoms with van der Waals surface area (Å²) in [5.41, 5.74) is 1.42. The minimum Gasteiger partial charge on any atom is -0.372 e. The molecule has 21 heavy (non-hydrogen) atoms. The molecule has 0 aromatic heterocycles. The molecule has 1 aromatic carbocycles. The first-order chi connectivity index (χ1) is 9.73. The summed E-state index contributed by atoms with van der Waals surface area (Å²) < 4.78 is 14.2. The Balaban J connectivity index is 2.67. The number of benzene rings is 1. The van der Waals surface area contributed by atoms with Crippen molar-refractivity contribution in [3.05, 3.63) is 29.6 Å². The summed E-state index contributed by atoms with van der Waals surface area (Å²) in [5, 5.41) is 5.89. The first-order valence-corrected chi connectivity index (χ1v) is 7.18. The van der Waals surface area contributed by atoms with Crippen molar-refractivity contribution >= 4 is 11.6 Å². The van der Waals surface area contributed by atoms with Crippen LogP contribution in [0.25, 0.3) is 0 Å². The molecule has 0 spiro atoms. The maximum absolute atomic E-state index is 14.2. The van der Waals surface area contributed by atoms with Gasteiger partial charge in [0, 0.05) is 39.1 Å². The summed E-state index contributed by atoms with van der Waals surface area (Å²) in [6.45, 7) is 7.33. The Morgan fingerprint density at radius 3 is 2.52 bits per heavy atom. The van der Waals surface area contributed by atoms with Gasteiger partial charge < -0.3 is 15.5 Å². The Morgan fingerprint density at radius 2 is 2.00 bits per heavy atom. The number of amides is 1. The number of hydrogen-bond donors (Lipinski definition) is 2. The number of nitrogens with zero attached hydrogens (tertiary/aromatic N) is 1. The van der Waals surface area contributed by atoms with Crippen molar-refractivity contribution in [1.29, 1.82) is 0 Å². The highest BCUT2D eigenvalue weighted by atomic mass is 19.1. The molecule has 1 rings (SSSR count). The van der Waals surface area contributed by atoms with Crippen molar-refractivity contribution in [1.82, 2.24) is 10.6 Å². The van der Waals surface area contributed by atoms with Crippen LogP contribution < -0.4 is 15.5 Å². The molecule has 1 amide bonds. The number of rotatable bonds is 6. The van der Waals surface area contributed by atoms with Gasteiger partial charge in [-0.15, -0.1) is 0 Å². The highest BCUT2D eigenvalue weighted by molar-refractivity contribution is 5.76. The largest absolute Gasteiger partial charge is 0.372 e. The van der Waals surface area contributed by atoms with Crippen LogP contribution in [0.1, 0.15) is 32.8 Å². The Bertz CT molecular complexity index is 483. The smallest absolute Gasteiger partial charge is 0.221 e. The molecule has 0 radical (unpaired) electrons. The first-order valence-electron chi connectivity index (χ1n) is 7.18. The van der Waals surface area contributed by atoms with Crippen LogP contribution in [-0.4, -0.2) is 32.1 Å². The van der Waals surface area contributed by atoms with Crippen molar-refractivity contribution in [3.63, 3.8) is 0 Å². The number of carbonyl (C=O) groups excluding carboxylic acids is 1. The van der Waals surface area contributed by atoms with Crippen molar-refractivity contribution in [3.8, 4) is 0 Å². The summed E-state index contributed by atoms with van der Waals surface area (Å²) in [7, 11) is 3.38. The van der Waals surface area contributed by atoms with Gasteiger partial charge in [0.1, 0.15) is 5.82 Å². The average Bonchev–Trinajstić information content (AvgIpc) is 2.41. The molecule has 1 aromatic rings. The van der Waals surface area contributed by atoms with E-state index in [9.17, 15) is 9.18 Å². The van der Waals surface area contributed by atoms with Crippen molar-refractivity contribution in [2.75, 3.05) is 25.5 Å². The van der Waals surface area contributed by atoms with Crippen LogP contribution in [0.4, 0.5) is 10.1 Å². The van der Waals surface area contributed by atoms with Crippen LogP contribution in [0.2, 0.25) is 0 Å². The Kier molecular flexibility index (Phi) is 6.15. The molecule has 0 atom stereocenters. The second kappa shape index (κ2) is 7.41. The molecule has 118 valence electrons. The summed E-state index contributed by atoms with van der Waals surface area (Å²) >= 11 is 0. The van der Waals surface area contributed by atoms with Gasteiger partial charge in [0.25, 0.3) is 0 Å². The van der Waals surface area contributed by atoms with Gasteiger partial charge in [0.15, 0.2) is 0 Å². The summed E-state index contributed by atoms with van der Waals surface area (Å²) in [4.78, 5) is 13.0. The Morgan fingerprint density at radius 1 is 1.33 bits per heavy atom. The SMILES string of the molecule is CNC(=O)CCN(C)c1ccc(CNC(C)(C)C)cc1F. The summed E-state index contributed by atoms with van der Waals surface area (Å²) in [6.07, 6.45) is 0.347. The lowest BCUT2D eigenvalue weighted by molar-refractivity contribution is -0.120.